The maximum Gasteiger partial charge on any atom is 0.245 e. The molecule has 1 saturated heterocycles. The number of nitrogens with two attached hydrogens (primary N) is 1. The van der Waals surface area contributed by atoms with E-state index in [-0.39, 0.29) is 17.0 Å². The lowest BCUT2D eigenvalue weighted by Crippen LogP contribution is -2.56. The summed E-state index contributed by atoms with van der Waals surface area (Å²) in [5, 5.41) is 0. The van der Waals surface area contributed by atoms with Crippen molar-refractivity contribution in [1.82, 2.24) is 9.21 Å². The van der Waals surface area contributed by atoms with Gasteiger partial charge in [-0.1, -0.05) is 6.07 Å². The molecule has 1 aliphatic rings. The van der Waals surface area contributed by atoms with Gasteiger partial charge in [-0.2, -0.15) is 4.31 Å². The van der Waals surface area contributed by atoms with Gasteiger partial charge in [-0.25, -0.2) is 8.42 Å². The fourth-order valence-electron chi connectivity index (χ4n) is 2.59. The summed E-state index contributed by atoms with van der Waals surface area (Å²) in [6.45, 7) is 6.97. The van der Waals surface area contributed by atoms with Crippen molar-refractivity contribution in [3.8, 4) is 0 Å². The smallest absolute Gasteiger partial charge is 0.245 e. The largest absolute Gasteiger partial charge is 0.398 e. The molecule has 2 unspecified atom stereocenters. The van der Waals surface area contributed by atoms with Gasteiger partial charge in [0.1, 0.15) is 4.90 Å². The summed E-state index contributed by atoms with van der Waals surface area (Å²) in [4.78, 5) is 2.41. The lowest BCUT2D eigenvalue weighted by atomic mass is 10.1. The summed E-state index contributed by atoms with van der Waals surface area (Å²) in [6, 6.07) is 5.48. The third-order valence-electron chi connectivity index (χ3n) is 4.11. The minimum Gasteiger partial charge on any atom is -0.398 e. The van der Waals surface area contributed by atoms with Crippen LogP contribution < -0.4 is 5.73 Å². The van der Waals surface area contributed by atoms with E-state index < -0.39 is 10.0 Å². The van der Waals surface area contributed by atoms with Crippen LogP contribution in [0.25, 0.3) is 0 Å². The molecule has 6 heteroatoms. The van der Waals surface area contributed by atoms with Crippen LogP contribution in [0.1, 0.15) is 19.4 Å². The van der Waals surface area contributed by atoms with Crippen molar-refractivity contribution < 1.29 is 8.42 Å². The van der Waals surface area contributed by atoms with Gasteiger partial charge in [0.15, 0.2) is 0 Å². The average Bonchev–Trinajstić information content (AvgIpc) is 2.34. The predicted octanol–water partition coefficient (Wildman–Crippen LogP) is 1.29. The molecule has 2 atom stereocenters. The van der Waals surface area contributed by atoms with Crippen LogP contribution in [-0.4, -0.2) is 49.8 Å². The Hall–Kier alpha value is -1.11. The van der Waals surface area contributed by atoms with Crippen LogP contribution in [0.5, 0.6) is 0 Å². The summed E-state index contributed by atoms with van der Waals surface area (Å²) in [5.41, 5.74) is 7.18. The zero-order valence-electron chi connectivity index (χ0n) is 12.5. The third-order valence-corrected chi connectivity index (χ3v) is 6.01. The minimum atomic E-state index is -3.52. The molecule has 5 nitrogen and oxygen atoms in total. The standard InChI is InChI=1S/C14H23N3O2S/c1-10-5-6-14(13(15)7-10)20(18,19)17-8-11(2)16(4)12(3)9-17/h5-7,11-12H,8-9,15H2,1-4H3. The van der Waals surface area contributed by atoms with Crippen LogP contribution in [0.2, 0.25) is 0 Å². The van der Waals surface area contributed by atoms with E-state index >= 15 is 0 Å². The van der Waals surface area contributed by atoms with Crippen molar-refractivity contribution >= 4 is 15.7 Å². The number of aryl methyl sites for hydroxylation is 1. The minimum absolute atomic E-state index is 0.195. The Morgan fingerprint density at radius 2 is 1.75 bits per heavy atom. The first-order valence-electron chi connectivity index (χ1n) is 6.81. The van der Waals surface area contributed by atoms with Crippen molar-refractivity contribution in [2.24, 2.45) is 0 Å². The van der Waals surface area contributed by atoms with Gasteiger partial charge in [0.2, 0.25) is 10.0 Å². The first kappa shape index (κ1) is 15.3. The second kappa shape index (κ2) is 5.35. The highest BCUT2D eigenvalue weighted by Crippen LogP contribution is 2.26. The second-order valence-corrected chi connectivity index (χ2v) is 7.63. The molecule has 112 valence electrons. The second-order valence-electron chi connectivity index (χ2n) is 5.73. The molecule has 2 N–H and O–H groups in total. The number of hydrogen-bond acceptors (Lipinski definition) is 4. The van der Waals surface area contributed by atoms with E-state index in [9.17, 15) is 8.42 Å². The highest BCUT2D eigenvalue weighted by Gasteiger charge is 2.35. The van der Waals surface area contributed by atoms with Crippen LogP contribution in [0.15, 0.2) is 23.1 Å². The molecule has 1 aliphatic heterocycles. The van der Waals surface area contributed by atoms with Crippen molar-refractivity contribution in [2.75, 3.05) is 25.9 Å². The van der Waals surface area contributed by atoms with Crippen molar-refractivity contribution in [1.29, 1.82) is 0 Å². The fraction of sp³-hybridized carbons (Fsp3) is 0.571. The number of likely N-dealkylation sites (N-methyl/N-ethyl adjacent to an activating group) is 1. The number of rotatable bonds is 2. The SMILES string of the molecule is Cc1ccc(S(=O)(=O)N2CC(C)N(C)C(C)C2)c(N)c1. The molecule has 0 aliphatic carbocycles. The summed E-state index contributed by atoms with van der Waals surface area (Å²) in [6.07, 6.45) is 0. The Kier molecular flexibility index (Phi) is 4.09. The van der Waals surface area contributed by atoms with E-state index in [4.69, 9.17) is 5.73 Å². The number of benzene rings is 1. The lowest BCUT2D eigenvalue weighted by molar-refractivity contribution is 0.105. The van der Waals surface area contributed by atoms with Gasteiger partial charge in [-0.3, -0.25) is 4.90 Å². The first-order chi connectivity index (χ1) is 9.23. The summed E-state index contributed by atoms with van der Waals surface area (Å²) >= 11 is 0. The van der Waals surface area contributed by atoms with Gasteiger partial charge in [0, 0.05) is 25.2 Å². The van der Waals surface area contributed by atoms with Crippen LogP contribution in [-0.2, 0) is 10.0 Å². The Morgan fingerprint density at radius 1 is 1.20 bits per heavy atom. The van der Waals surface area contributed by atoms with E-state index in [0.717, 1.165) is 5.56 Å². The van der Waals surface area contributed by atoms with Gasteiger partial charge in [0.05, 0.1) is 5.69 Å². The Bertz CT molecular complexity index is 588. The number of sulfonamides is 1. The molecule has 0 saturated carbocycles. The van der Waals surface area contributed by atoms with Crippen molar-refractivity contribution in [2.45, 2.75) is 37.8 Å². The quantitative estimate of drug-likeness (QED) is 0.835. The highest BCUT2D eigenvalue weighted by atomic mass is 32.2. The summed E-state index contributed by atoms with van der Waals surface area (Å²) in [7, 11) is -1.49. The topological polar surface area (TPSA) is 66.6 Å². The zero-order chi connectivity index (χ0) is 15.1. The molecule has 0 amide bonds. The Balaban J connectivity index is 2.35. The molecule has 0 bridgehead atoms. The molecule has 0 radical (unpaired) electrons. The molecule has 0 aromatic heterocycles. The number of hydrogen-bond donors (Lipinski definition) is 1. The molecule has 0 spiro atoms. The van der Waals surface area contributed by atoms with E-state index in [1.807, 2.05) is 27.8 Å². The van der Waals surface area contributed by atoms with Crippen molar-refractivity contribution in [3.05, 3.63) is 23.8 Å². The van der Waals surface area contributed by atoms with E-state index in [1.54, 1.807) is 22.5 Å². The number of nitrogen functional groups attached to an aromatic ring is 1. The molecule has 2 rings (SSSR count). The molecule has 1 heterocycles. The normalized spacial score (nSPS) is 25.8. The highest BCUT2D eigenvalue weighted by molar-refractivity contribution is 7.89. The molecule has 1 fully saturated rings. The van der Waals surface area contributed by atoms with Crippen LogP contribution in [0, 0.1) is 6.92 Å². The van der Waals surface area contributed by atoms with Crippen molar-refractivity contribution in [3.63, 3.8) is 0 Å². The van der Waals surface area contributed by atoms with Gasteiger partial charge in [-0.15, -0.1) is 0 Å². The number of nitrogens with zero attached hydrogens (tertiary/aromatic N) is 2. The molecular formula is C14H23N3O2S. The van der Waals surface area contributed by atoms with E-state index in [0.29, 0.717) is 18.8 Å². The summed E-state index contributed by atoms with van der Waals surface area (Å²) < 4.78 is 27.0. The third kappa shape index (κ3) is 2.68. The molecular weight excluding hydrogens is 274 g/mol. The first-order valence-corrected chi connectivity index (χ1v) is 8.25. The van der Waals surface area contributed by atoms with Crippen LogP contribution in [0.3, 0.4) is 0 Å². The predicted molar refractivity (Wildman–Crippen MR) is 81.0 cm³/mol. The Labute approximate surface area is 121 Å². The average molecular weight is 297 g/mol. The maximum absolute atomic E-state index is 12.7. The molecule has 20 heavy (non-hydrogen) atoms. The lowest BCUT2D eigenvalue weighted by Gasteiger charge is -2.41. The zero-order valence-corrected chi connectivity index (χ0v) is 13.3. The van der Waals surface area contributed by atoms with Gasteiger partial charge < -0.3 is 5.73 Å². The number of piperazine rings is 1. The monoisotopic (exact) mass is 297 g/mol. The fourth-order valence-corrected chi connectivity index (χ4v) is 4.29. The van der Waals surface area contributed by atoms with Gasteiger partial charge in [-0.05, 0) is 45.5 Å². The van der Waals surface area contributed by atoms with Crippen LogP contribution in [0.4, 0.5) is 5.69 Å². The Morgan fingerprint density at radius 3 is 2.25 bits per heavy atom. The molecule has 1 aromatic rings. The summed E-state index contributed by atoms with van der Waals surface area (Å²) in [5.74, 6) is 0. The maximum atomic E-state index is 12.7. The number of anilines is 1. The van der Waals surface area contributed by atoms with E-state index in [1.165, 1.54) is 0 Å². The molecule has 1 aromatic carbocycles. The van der Waals surface area contributed by atoms with Crippen LogP contribution >= 0.6 is 0 Å². The van der Waals surface area contributed by atoms with Gasteiger partial charge >= 0.3 is 0 Å². The van der Waals surface area contributed by atoms with Gasteiger partial charge in [0.25, 0.3) is 0 Å². The van der Waals surface area contributed by atoms with E-state index in [2.05, 4.69) is 4.90 Å².